The van der Waals surface area contributed by atoms with Crippen molar-refractivity contribution in [3.63, 3.8) is 0 Å². The van der Waals surface area contributed by atoms with Crippen molar-refractivity contribution in [1.29, 1.82) is 0 Å². The van der Waals surface area contributed by atoms with Crippen molar-refractivity contribution in [1.82, 2.24) is 4.90 Å². The highest BCUT2D eigenvalue weighted by Gasteiger charge is 2.25. The maximum Gasteiger partial charge on any atom is 0.292 e. The zero-order chi connectivity index (χ0) is 24.9. The number of nitrogens with zero attached hydrogens (tertiary/aromatic N) is 4. The zero-order valence-corrected chi connectivity index (χ0v) is 22.8. The molecule has 2 aromatic rings. The molecule has 2 aliphatic heterocycles. The molecule has 2 aliphatic rings. The van der Waals surface area contributed by atoms with Crippen LogP contribution < -0.4 is 14.5 Å². The van der Waals surface area contributed by atoms with Gasteiger partial charge in [0.15, 0.2) is 0 Å². The lowest BCUT2D eigenvalue weighted by atomic mass is 10.1. The molecule has 0 N–H and O–H groups in total. The highest BCUT2D eigenvalue weighted by Crippen LogP contribution is 2.35. The summed E-state index contributed by atoms with van der Waals surface area (Å²) < 4.78 is 7.15. The number of piperazine rings is 1. The molecule has 35 heavy (non-hydrogen) atoms. The van der Waals surface area contributed by atoms with Crippen LogP contribution in [0.15, 0.2) is 45.4 Å². The molecule has 0 atom stereocenters. The Morgan fingerprint density at radius 3 is 2.37 bits per heavy atom. The molecular formula is C25H28Br2N4O4. The van der Waals surface area contributed by atoms with Gasteiger partial charge in [0, 0.05) is 67.1 Å². The molecule has 0 unspecified atom stereocenters. The average Bonchev–Trinajstić information content (AvgIpc) is 2.87. The van der Waals surface area contributed by atoms with E-state index in [9.17, 15) is 14.9 Å². The van der Waals surface area contributed by atoms with Gasteiger partial charge in [0.25, 0.3) is 5.69 Å². The Bertz CT molecular complexity index is 1130. The Hall–Kier alpha value is -2.59. The molecule has 2 fully saturated rings. The first-order chi connectivity index (χ1) is 16.9. The summed E-state index contributed by atoms with van der Waals surface area (Å²) >= 11 is 6.95. The molecule has 0 aromatic heterocycles. The minimum absolute atomic E-state index is 0.0551. The molecule has 0 aliphatic carbocycles. The molecule has 1 amide bonds. The third kappa shape index (κ3) is 5.98. The SMILES string of the molecule is COc1c(Br)cc(Br)cc1/C=C/C(=O)N1CCN(c2ccc([N+](=O)[O-])c(N3CCCCC3)c2)CC1. The first-order valence-corrected chi connectivity index (χ1v) is 13.2. The Labute approximate surface area is 221 Å². The first-order valence-electron chi connectivity index (χ1n) is 11.7. The molecule has 2 aromatic carbocycles. The summed E-state index contributed by atoms with van der Waals surface area (Å²) in [5, 5.41) is 11.6. The van der Waals surface area contributed by atoms with Gasteiger partial charge in [-0.25, -0.2) is 0 Å². The Morgan fingerprint density at radius 1 is 1.00 bits per heavy atom. The van der Waals surface area contributed by atoms with Crippen LogP contribution in [0.25, 0.3) is 6.08 Å². The standard InChI is InChI=1S/C25H28Br2N4O4/c1-35-25-18(15-19(26)16-21(25)27)5-8-24(32)30-13-11-28(12-14-30)20-6-7-22(31(33)34)23(17-20)29-9-3-2-4-10-29/h5-8,15-17H,2-4,9-14H2,1H3/b8-5+. The number of hydrogen-bond acceptors (Lipinski definition) is 6. The summed E-state index contributed by atoms with van der Waals surface area (Å²) in [5.74, 6) is 0.616. The highest BCUT2D eigenvalue weighted by atomic mass is 79.9. The van der Waals surface area contributed by atoms with Crippen molar-refractivity contribution in [2.45, 2.75) is 19.3 Å². The van der Waals surface area contributed by atoms with Crippen LogP contribution >= 0.6 is 31.9 Å². The van der Waals surface area contributed by atoms with Crippen LogP contribution in [0.1, 0.15) is 24.8 Å². The summed E-state index contributed by atoms with van der Waals surface area (Å²) in [6, 6.07) is 9.17. The molecule has 0 spiro atoms. The quantitative estimate of drug-likeness (QED) is 0.246. The average molecular weight is 608 g/mol. The van der Waals surface area contributed by atoms with Gasteiger partial charge < -0.3 is 19.4 Å². The number of methoxy groups -OCH3 is 1. The van der Waals surface area contributed by atoms with Crippen molar-refractivity contribution < 1.29 is 14.5 Å². The van der Waals surface area contributed by atoms with Crippen LogP contribution in [-0.2, 0) is 4.79 Å². The molecule has 0 saturated carbocycles. The van der Waals surface area contributed by atoms with Gasteiger partial charge in [-0.05, 0) is 65.5 Å². The first kappa shape index (κ1) is 25.5. The van der Waals surface area contributed by atoms with Gasteiger partial charge in [-0.1, -0.05) is 15.9 Å². The van der Waals surface area contributed by atoms with Crippen molar-refractivity contribution in [2.75, 3.05) is 56.2 Å². The van der Waals surface area contributed by atoms with Gasteiger partial charge in [0.2, 0.25) is 5.91 Å². The van der Waals surface area contributed by atoms with E-state index in [0.29, 0.717) is 37.6 Å². The number of carbonyl (C=O) groups excluding carboxylic acids is 1. The second kappa shape index (κ2) is 11.4. The van der Waals surface area contributed by atoms with Crippen LogP contribution in [0.3, 0.4) is 0 Å². The molecule has 0 radical (unpaired) electrons. The predicted octanol–water partition coefficient (Wildman–Crippen LogP) is 5.48. The minimum atomic E-state index is -0.296. The summed E-state index contributed by atoms with van der Waals surface area (Å²) in [6.07, 6.45) is 6.62. The van der Waals surface area contributed by atoms with E-state index in [1.54, 1.807) is 25.3 Å². The topological polar surface area (TPSA) is 79.2 Å². The fourth-order valence-corrected chi connectivity index (χ4v) is 6.04. The summed E-state index contributed by atoms with van der Waals surface area (Å²) in [6.45, 7) is 4.19. The van der Waals surface area contributed by atoms with Crippen LogP contribution in [0.2, 0.25) is 0 Å². The predicted molar refractivity (Wildman–Crippen MR) is 145 cm³/mol. The summed E-state index contributed by atoms with van der Waals surface area (Å²) in [7, 11) is 1.60. The number of ether oxygens (including phenoxy) is 1. The fourth-order valence-electron chi connectivity index (χ4n) is 4.62. The highest BCUT2D eigenvalue weighted by molar-refractivity contribution is 9.11. The third-order valence-electron chi connectivity index (χ3n) is 6.46. The van der Waals surface area contributed by atoms with Crippen molar-refractivity contribution in [3.8, 4) is 5.75 Å². The van der Waals surface area contributed by atoms with Crippen LogP contribution in [0.5, 0.6) is 5.75 Å². The molecule has 4 rings (SSSR count). The van der Waals surface area contributed by atoms with Gasteiger partial charge in [-0.3, -0.25) is 14.9 Å². The molecular weight excluding hydrogens is 580 g/mol. The number of amides is 1. The van der Waals surface area contributed by atoms with E-state index in [4.69, 9.17) is 4.74 Å². The lowest BCUT2D eigenvalue weighted by Crippen LogP contribution is -2.48. The van der Waals surface area contributed by atoms with Crippen LogP contribution in [-0.4, -0.2) is 62.1 Å². The van der Waals surface area contributed by atoms with E-state index in [0.717, 1.165) is 46.1 Å². The molecule has 2 saturated heterocycles. The van der Waals surface area contributed by atoms with E-state index < -0.39 is 0 Å². The maximum absolute atomic E-state index is 12.8. The van der Waals surface area contributed by atoms with Gasteiger partial charge in [0.05, 0.1) is 16.5 Å². The van der Waals surface area contributed by atoms with E-state index in [1.807, 2.05) is 29.2 Å². The number of piperidine rings is 1. The van der Waals surface area contributed by atoms with Crippen molar-refractivity contribution in [2.24, 2.45) is 0 Å². The third-order valence-corrected chi connectivity index (χ3v) is 7.50. The number of benzene rings is 2. The number of rotatable bonds is 6. The second-order valence-corrected chi connectivity index (χ2v) is 10.4. The molecule has 8 nitrogen and oxygen atoms in total. The Morgan fingerprint density at radius 2 is 1.71 bits per heavy atom. The van der Waals surface area contributed by atoms with Crippen LogP contribution in [0.4, 0.5) is 17.1 Å². The largest absolute Gasteiger partial charge is 0.495 e. The molecule has 186 valence electrons. The maximum atomic E-state index is 12.8. The Kier molecular flexibility index (Phi) is 8.33. The number of carbonyl (C=O) groups is 1. The summed E-state index contributed by atoms with van der Waals surface area (Å²) in [5.41, 5.74) is 2.62. The zero-order valence-electron chi connectivity index (χ0n) is 19.6. The van der Waals surface area contributed by atoms with Gasteiger partial charge in [-0.2, -0.15) is 0 Å². The summed E-state index contributed by atoms with van der Waals surface area (Å²) in [4.78, 5) is 30.3. The second-order valence-electron chi connectivity index (χ2n) is 8.63. The molecule has 10 heteroatoms. The Balaban J connectivity index is 1.43. The number of nitro groups is 1. The number of hydrogen-bond donors (Lipinski definition) is 0. The van der Waals surface area contributed by atoms with E-state index in [2.05, 4.69) is 41.7 Å². The number of anilines is 2. The van der Waals surface area contributed by atoms with Crippen molar-refractivity contribution >= 4 is 60.9 Å². The minimum Gasteiger partial charge on any atom is -0.495 e. The van der Waals surface area contributed by atoms with E-state index in [-0.39, 0.29) is 16.5 Å². The van der Waals surface area contributed by atoms with Crippen LogP contribution in [0, 0.1) is 10.1 Å². The lowest BCUT2D eigenvalue weighted by Gasteiger charge is -2.36. The fraction of sp³-hybridized carbons (Fsp3) is 0.400. The molecule has 0 bridgehead atoms. The lowest BCUT2D eigenvalue weighted by molar-refractivity contribution is -0.384. The number of nitro benzene ring substituents is 1. The van der Waals surface area contributed by atoms with E-state index >= 15 is 0 Å². The molecule has 2 heterocycles. The normalized spacial score (nSPS) is 16.6. The monoisotopic (exact) mass is 606 g/mol. The smallest absolute Gasteiger partial charge is 0.292 e. The van der Waals surface area contributed by atoms with Gasteiger partial charge >= 0.3 is 0 Å². The van der Waals surface area contributed by atoms with Gasteiger partial charge in [0.1, 0.15) is 11.4 Å². The van der Waals surface area contributed by atoms with Gasteiger partial charge in [-0.15, -0.1) is 0 Å². The van der Waals surface area contributed by atoms with E-state index in [1.165, 1.54) is 6.42 Å². The number of halogens is 2. The van der Waals surface area contributed by atoms with Crippen molar-refractivity contribution in [3.05, 3.63) is 61.0 Å².